The lowest BCUT2D eigenvalue weighted by Crippen LogP contribution is -2.50. The summed E-state index contributed by atoms with van der Waals surface area (Å²) in [6, 6.07) is 20.0. The van der Waals surface area contributed by atoms with E-state index in [-0.39, 0.29) is 11.8 Å². The second-order valence-electron chi connectivity index (χ2n) is 8.08. The highest BCUT2D eigenvalue weighted by Crippen LogP contribution is 2.55. The first kappa shape index (κ1) is 22.6. The number of halogens is 1. The highest BCUT2D eigenvalue weighted by atomic mass is 35.5. The Morgan fingerprint density at radius 3 is 2.50 bits per heavy atom. The van der Waals surface area contributed by atoms with Crippen molar-refractivity contribution in [3.63, 3.8) is 0 Å². The van der Waals surface area contributed by atoms with Crippen molar-refractivity contribution in [3.8, 4) is 11.5 Å². The largest absolute Gasteiger partial charge is 0.497 e. The van der Waals surface area contributed by atoms with Gasteiger partial charge in [-0.2, -0.15) is 0 Å². The Bertz CT molecular complexity index is 1270. The molecule has 5 rings (SSSR count). The number of carbonyl (C=O) groups excluding carboxylic acids is 2. The molecule has 2 amide bonds. The minimum atomic E-state index is -1.15. The van der Waals surface area contributed by atoms with Crippen LogP contribution in [0, 0.1) is 0 Å². The van der Waals surface area contributed by atoms with Crippen LogP contribution in [0.2, 0.25) is 5.02 Å². The van der Waals surface area contributed by atoms with Crippen LogP contribution in [0.5, 0.6) is 11.5 Å². The molecule has 0 unspecified atom stereocenters. The van der Waals surface area contributed by atoms with Crippen LogP contribution >= 0.6 is 23.4 Å². The summed E-state index contributed by atoms with van der Waals surface area (Å²) in [5.74, 6) is 1.67. The molecule has 0 radical (unpaired) electrons. The van der Waals surface area contributed by atoms with Crippen LogP contribution in [0.3, 0.4) is 0 Å². The molecule has 1 fully saturated rings. The zero-order valence-corrected chi connectivity index (χ0v) is 20.4. The summed E-state index contributed by atoms with van der Waals surface area (Å²) in [4.78, 5) is 30.1. The fraction of sp³-hybridized carbons (Fsp3) is 0.231. The molecule has 0 saturated carbocycles. The molecule has 3 aromatic rings. The van der Waals surface area contributed by atoms with E-state index >= 15 is 0 Å². The van der Waals surface area contributed by atoms with Gasteiger partial charge in [0.05, 0.1) is 26.5 Å². The van der Waals surface area contributed by atoms with Crippen molar-refractivity contribution in [1.29, 1.82) is 0 Å². The number of nitrogens with zero attached hydrogens (tertiary/aromatic N) is 2. The molecule has 8 heteroatoms. The maximum Gasteiger partial charge on any atom is 0.268 e. The fourth-order valence-electron chi connectivity index (χ4n) is 4.58. The highest BCUT2D eigenvalue weighted by molar-refractivity contribution is 8.01. The first-order chi connectivity index (χ1) is 16.5. The van der Waals surface area contributed by atoms with E-state index in [1.807, 2.05) is 42.5 Å². The van der Waals surface area contributed by atoms with E-state index < -0.39 is 4.87 Å². The molecule has 0 aliphatic carbocycles. The van der Waals surface area contributed by atoms with E-state index in [1.165, 1.54) is 11.8 Å². The molecule has 174 valence electrons. The van der Waals surface area contributed by atoms with Crippen LogP contribution in [0.1, 0.15) is 21.5 Å². The summed E-state index contributed by atoms with van der Waals surface area (Å²) >= 11 is 7.51. The van der Waals surface area contributed by atoms with Gasteiger partial charge in [-0.1, -0.05) is 23.7 Å². The summed E-state index contributed by atoms with van der Waals surface area (Å²) in [7, 11) is 3.21. The molecular weight excluding hydrogens is 472 g/mol. The van der Waals surface area contributed by atoms with E-state index in [9.17, 15) is 9.59 Å². The molecule has 2 aliphatic heterocycles. The van der Waals surface area contributed by atoms with Gasteiger partial charge < -0.3 is 19.3 Å². The van der Waals surface area contributed by atoms with E-state index in [1.54, 1.807) is 48.3 Å². The van der Waals surface area contributed by atoms with Crippen LogP contribution < -0.4 is 14.4 Å². The normalized spacial score (nSPS) is 19.0. The van der Waals surface area contributed by atoms with Crippen LogP contribution in [0.4, 0.5) is 5.69 Å². The molecule has 3 aromatic carbocycles. The number of amides is 2. The Kier molecular flexibility index (Phi) is 5.91. The Morgan fingerprint density at radius 2 is 1.76 bits per heavy atom. The third-order valence-corrected chi connectivity index (χ3v) is 7.88. The topological polar surface area (TPSA) is 59.1 Å². The molecule has 1 saturated heterocycles. The van der Waals surface area contributed by atoms with E-state index in [0.29, 0.717) is 35.2 Å². The van der Waals surface area contributed by atoms with Crippen molar-refractivity contribution in [1.82, 2.24) is 4.90 Å². The van der Waals surface area contributed by atoms with Crippen molar-refractivity contribution < 1.29 is 19.1 Å². The lowest BCUT2D eigenvalue weighted by Gasteiger charge is -2.33. The van der Waals surface area contributed by atoms with Crippen molar-refractivity contribution in [2.75, 3.05) is 31.4 Å². The zero-order valence-electron chi connectivity index (χ0n) is 18.8. The monoisotopic (exact) mass is 494 g/mol. The van der Waals surface area contributed by atoms with Gasteiger partial charge in [-0.3, -0.25) is 9.59 Å². The number of hydrogen-bond acceptors (Lipinski definition) is 5. The lowest BCUT2D eigenvalue weighted by atomic mass is 10.0. The fourth-order valence-corrected chi connectivity index (χ4v) is 6.16. The van der Waals surface area contributed by atoms with Gasteiger partial charge in [-0.15, -0.1) is 11.8 Å². The summed E-state index contributed by atoms with van der Waals surface area (Å²) in [5, 5.41) is 0.554. The number of methoxy groups -OCH3 is 2. The average Bonchev–Trinajstić information content (AvgIpc) is 3.41. The minimum Gasteiger partial charge on any atom is -0.497 e. The van der Waals surface area contributed by atoms with Gasteiger partial charge in [0, 0.05) is 28.4 Å². The molecular formula is C26H23ClN2O4S. The number of carbonyl (C=O) groups is 2. The van der Waals surface area contributed by atoms with Crippen LogP contribution in [0.15, 0.2) is 66.7 Å². The number of ether oxygens (including phenoxy) is 2. The number of hydrogen-bond donors (Lipinski definition) is 0. The Hall–Kier alpha value is -3.16. The maximum absolute atomic E-state index is 14.2. The smallest absolute Gasteiger partial charge is 0.268 e. The first-order valence-corrected chi connectivity index (χ1v) is 12.2. The molecule has 1 atom stereocenters. The van der Waals surface area contributed by atoms with E-state index in [4.69, 9.17) is 21.1 Å². The molecule has 1 spiro atoms. The zero-order chi connectivity index (χ0) is 23.9. The summed E-state index contributed by atoms with van der Waals surface area (Å²) in [6.07, 6.45) is 0. The van der Waals surface area contributed by atoms with Gasteiger partial charge in [0.1, 0.15) is 11.5 Å². The Labute approximate surface area is 207 Å². The number of anilines is 1. The summed E-state index contributed by atoms with van der Waals surface area (Å²) < 4.78 is 10.8. The Balaban J connectivity index is 1.59. The predicted octanol–water partition coefficient (Wildman–Crippen LogP) is 4.95. The quantitative estimate of drug-likeness (QED) is 0.502. The lowest BCUT2D eigenvalue weighted by molar-refractivity contribution is -0.123. The highest BCUT2D eigenvalue weighted by Gasteiger charge is 2.59. The molecule has 34 heavy (non-hydrogen) atoms. The van der Waals surface area contributed by atoms with E-state index in [2.05, 4.69) is 0 Å². The number of benzene rings is 3. The SMILES string of the molecule is COc1cccc(CN2C(=O)[C@]3(SCCN3C(=O)c3ccc(Cl)cc3)c3cc(OC)ccc32)c1. The van der Waals surface area contributed by atoms with Crippen LogP contribution in [-0.4, -0.2) is 43.2 Å². The second kappa shape index (κ2) is 8.89. The molecule has 2 aliphatic rings. The number of fused-ring (bicyclic) bond motifs is 2. The van der Waals surface area contributed by atoms with Gasteiger partial charge in [0.25, 0.3) is 11.8 Å². The second-order valence-corrected chi connectivity index (χ2v) is 9.81. The number of thioether (sulfide) groups is 1. The third-order valence-electron chi connectivity index (χ3n) is 6.21. The summed E-state index contributed by atoms with van der Waals surface area (Å²) in [5.41, 5.74) is 2.97. The van der Waals surface area contributed by atoms with Gasteiger partial charge in [0.15, 0.2) is 4.87 Å². The number of rotatable bonds is 5. The van der Waals surface area contributed by atoms with Gasteiger partial charge in [0.2, 0.25) is 0 Å². The van der Waals surface area contributed by atoms with E-state index in [0.717, 1.165) is 22.6 Å². The van der Waals surface area contributed by atoms with Crippen LogP contribution in [0.25, 0.3) is 0 Å². The molecule has 0 aromatic heterocycles. The predicted molar refractivity (Wildman–Crippen MR) is 134 cm³/mol. The first-order valence-electron chi connectivity index (χ1n) is 10.8. The minimum absolute atomic E-state index is 0.136. The average molecular weight is 495 g/mol. The van der Waals surface area contributed by atoms with Gasteiger partial charge in [-0.25, -0.2) is 0 Å². The standard InChI is InChI=1S/C26H23ClN2O4S/c1-32-20-5-3-4-17(14-20)16-28-23-11-10-21(33-2)15-22(23)26(25(28)31)29(12-13-34-26)24(30)18-6-8-19(27)9-7-18/h3-11,14-15H,12-13,16H2,1-2H3/t26-/m1/s1. The molecule has 0 N–H and O–H groups in total. The summed E-state index contributed by atoms with van der Waals surface area (Å²) in [6.45, 7) is 0.822. The van der Waals surface area contributed by atoms with Crippen molar-refractivity contribution in [3.05, 3.63) is 88.4 Å². The van der Waals surface area contributed by atoms with Crippen molar-refractivity contribution in [2.45, 2.75) is 11.4 Å². The molecule has 0 bridgehead atoms. The van der Waals surface area contributed by atoms with Crippen LogP contribution in [-0.2, 0) is 16.2 Å². The molecule has 2 heterocycles. The molecule has 6 nitrogen and oxygen atoms in total. The van der Waals surface area contributed by atoms with Crippen molar-refractivity contribution in [2.24, 2.45) is 0 Å². The third kappa shape index (κ3) is 3.60. The Morgan fingerprint density at radius 1 is 1.03 bits per heavy atom. The van der Waals surface area contributed by atoms with Gasteiger partial charge >= 0.3 is 0 Å². The van der Waals surface area contributed by atoms with Crippen molar-refractivity contribution >= 4 is 40.9 Å². The van der Waals surface area contributed by atoms with Gasteiger partial charge in [-0.05, 0) is 60.2 Å². The maximum atomic E-state index is 14.2.